The van der Waals surface area contributed by atoms with E-state index in [4.69, 9.17) is 0 Å². The Morgan fingerprint density at radius 2 is 2.23 bits per heavy atom. The Morgan fingerprint density at radius 1 is 1.41 bits per heavy atom. The van der Waals surface area contributed by atoms with E-state index < -0.39 is 0 Å². The number of urea groups is 1. The average Bonchev–Trinajstić information content (AvgIpc) is 2.88. The predicted molar refractivity (Wildman–Crippen MR) is 85.3 cm³/mol. The fraction of sp³-hybridized carbons (Fsp3) is 0.438. The van der Waals surface area contributed by atoms with Crippen molar-refractivity contribution in [3.05, 3.63) is 47.8 Å². The van der Waals surface area contributed by atoms with Gasteiger partial charge >= 0.3 is 6.03 Å². The second-order valence-electron chi connectivity index (χ2n) is 5.47. The topological polar surface area (TPSA) is 71.8 Å². The summed E-state index contributed by atoms with van der Waals surface area (Å²) in [5, 5.41) is 5.76. The molecule has 0 saturated carbocycles. The molecule has 0 aliphatic carbocycles. The van der Waals surface area contributed by atoms with Crippen molar-refractivity contribution in [2.75, 3.05) is 0 Å². The Labute approximate surface area is 131 Å². The van der Waals surface area contributed by atoms with Crippen LogP contribution in [0.3, 0.4) is 0 Å². The quantitative estimate of drug-likeness (QED) is 0.856. The van der Waals surface area contributed by atoms with Crippen LogP contribution in [0.15, 0.2) is 30.6 Å². The Bertz CT molecular complexity index is 623. The monoisotopic (exact) mass is 301 g/mol. The first-order chi connectivity index (χ1) is 10.5. The SMILES string of the molecule is Cc1nccc(CNC(=O)N[C@H](C)CCc2cccn2C)n1. The van der Waals surface area contributed by atoms with E-state index >= 15 is 0 Å². The van der Waals surface area contributed by atoms with Gasteiger partial charge in [-0.05, 0) is 44.9 Å². The smallest absolute Gasteiger partial charge is 0.315 e. The number of hydrogen-bond donors (Lipinski definition) is 2. The van der Waals surface area contributed by atoms with Crippen LogP contribution < -0.4 is 10.6 Å². The number of nitrogens with one attached hydrogen (secondary N) is 2. The molecule has 2 heterocycles. The van der Waals surface area contributed by atoms with E-state index in [1.165, 1.54) is 5.69 Å². The van der Waals surface area contributed by atoms with Crippen molar-refractivity contribution in [2.45, 2.75) is 39.3 Å². The maximum absolute atomic E-state index is 11.9. The van der Waals surface area contributed by atoms with Gasteiger partial charge in [-0.2, -0.15) is 0 Å². The summed E-state index contributed by atoms with van der Waals surface area (Å²) in [6.07, 6.45) is 5.57. The molecule has 0 saturated heterocycles. The molecule has 2 rings (SSSR count). The molecule has 22 heavy (non-hydrogen) atoms. The first-order valence-electron chi connectivity index (χ1n) is 7.47. The van der Waals surface area contributed by atoms with Crippen LogP contribution in [0.1, 0.15) is 30.6 Å². The molecule has 0 spiro atoms. The molecule has 2 aromatic rings. The number of hydrogen-bond acceptors (Lipinski definition) is 3. The lowest BCUT2D eigenvalue weighted by Gasteiger charge is -2.15. The maximum Gasteiger partial charge on any atom is 0.315 e. The number of aromatic nitrogens is 3. The molecule has 0 aliphatic rings. The van der Waals surface area contributed by atoms with Gasteiger partial charge in [0.05, 0.1) is 12.2 Å². The molecule has 0 aliphatic heterocycles. The second-order valence-corrected chi connectivity index (χ2v) is 5.47. The van der Waals surface area contributed by atoms with Crippen molar-refractivity contribution in [3.8, 4) is 0 Å². The fourth-order valence-electron chi connectivity index (χ4n) is 2.24. The summed E-state index contributed by atoms with van der Waals surface area (Å²) >= 11 is 0. The molecule has 6 heteroatoms. The van der Waals surface area contributed by atoms with Gasteiger partial charge in [-0.1, -0.05) is 0 Å². The van der Waals surface area contributed by atoms with Gasteiger partial charge in [-0.25, -0.2) is 14.8 Å². The summed E-state index contributed by atoms with van der Waals surface area (Å²) in [6, 6.07) is 5.87. The van der Waals surface area contributed by atoms with Crippen LogP contribution in [0, 0.1) is 6.92 Å². The molecule has 0 bridgehead atoms. The highest BCUT2D eigenvalue weighted by molar-refractivity contribution is 5.74. The number of carbonyl (C=O) groups is 1. The van der Waals surface area contributed by atoms with Crippen molar-refractivity contribution < 1.29 is 4.79 Å². The largest absolute Gasteiger partial charge is 0.354 e. The molecule has 0 radical (unpaired) electrons. The normalized spacial score (nSPS) is 12.0. The Kier molecular flexibility index (Phi) is 5.52. The standard InChI is InChI=1S/C16H23N5O/c1-12(6-7-15-5-4-10-21(15)3)19-16(22)18-11-14-8-9-17-13(2)20-14/h4-5,8-10,12H,6-7,11H2,1-3H3,(H2,18,19,22)/t12-/m1/s1. The number of aryl methyl sites for hydroxylation is 3. The van der Waals surface area contributed by atoms with E-state index in [0.29, 0.717) is 12.4 Å². The molecule has 1 atom stereocenters. The second kappa shape index (κ2) is 7.59. The minimum Gasteiger partial charge on any atom is -0.354 e. The highest BCUT2D eigenvalue weighted by atomic mass is 16.2. The van der Waals surface area contributed by atoms with Crippen molar-refractivity contribution in [1.29, 1.82) is 0 Å². The van der Waals surface area contributed by atoms with Gasteiger partial charge in [-0.3, -0.25) is 0 Å². The highest BCUT2D eigenvalue weighted by Gasteiger charge is 2.08. The fourth-order valence-corrected chi connectivity index (χ4v) is 2.24. The first-order valence-corrected chi connectivity index (χ1v) is 7.47. The van der Waals surface area contributed by atoms with Gasteiger partial charge in [-0.15, -0.1) is 0 Å². The molecule has 6 nitrogen and oxygen atoms in total. The lowest BCUT2D eigenvalue weighted by atomic mass is 10.1. The third-order valence-corrected chi connectivity index (χ3v) is 3.53. The summed E-state index contributed by atoms with van der Waals surface area (Å²) in [6.45, 7) is 4.24. The molecule has 2 aromatic heterocycles. The lowest BCUT2D eigenvalue weighted by Crippen LogP contribution is -2.40. The van der Waals surface area contributed by atoms with Crippen LogP contribution in [0.25, 0.3) is 0 Å². The van der Waals surface area contributed by atoms with Crippen molar-refractivity contribution in [1.82, 2.24) is 25.2 Å². The summed E-state index contributed by atoms with van der Waals surface area (Å²) in [4.78, 5) is 20.1. The van der Waals surface area contributed by atoms with Gasteiger partial charge < -0.3 is 15.2 Å². The van der Waals surface area contributed by atoms with Gasteiger partial charge in [0.15, 0.2) is 0 Å². The van der Waals surface area contributed by atoms with Crippen LogP contribution in [-0.4, -0.2) is 26.6 Å². The summed E-state index contributed by atoms with van der Waals surface area (Å²) in [5.74, 6) is 0.704. The minimum atomic E-state index is -0.171. The number of carbonyl (C=O) groups excluding carboxylic acids is 1. The van der Waals surface area contributed by atoms with Gasteiger partial charge in [0.1, 0.15) is 5.82 Å². The Morgan fingerprint density at radius 3 is 2.91 bits per heavy atom. The lowest BCUT2D eigenvalue weighted by molar-refractivity contribution is 0.236. The summed E-state index contributed by atoms with van der Waals surface area (Å²) in [5.41, 5.74) is 2.07. The van der Waals surface area contributed by atoms with E-state index in [-0.39, 0.29) is 12.1 Å². The molecular formula is C16H23N5O. The molecule has 2 N–H and O–H groups in total. The summed E-state index contributed by atoms with van der Waals surface area (Å²) < 4.78 is 2.10. The van der Waals surface area contributed by atoms with Crippen molar-refractivity contribution >= 4 is 6.03 Å². The number of amides is 2. The Balaban J connectivity index is 1.71. The van der Waals surface area contributed by atoms with Crippen molar-refractivity contribution in [3.63, 3.8) is 0 Å². The number of nitrogens with zero attached hydrogens (tertiary/aromatic N) is 3. The molecule has 0 fully saturated rings. The first kappa shape index (κ1) is 16.0. The third kappa shape index (κ3) is 4.87. The summed E-state index contributed by atoms with van der Waals surface area (Å²) in [7, 11) is 2.03. The van der Waals surface area contributed by atoms with Crippen molar-refractivity contribution in [2.24, 2.45) is 7.05 Å². The van der Waals surface area contributed by atoms with Gasteiger partial charge in [0, 0.05) is 31.2 Å². The molecule has 0 unspecified atom stereocenters. The van der Waals surface area contributed by atoms with Crippen LogP contribution in [0.5, 0.6) is 0 Å². The third-order valence-electron chi connectivity index (χ3n) is 3.53. The van der Waals surface area contributed by atoms with Crippen LogP contribution >= 0.6 is 0 Å². The average molecular weight is 301 g/mol. The zero-order chi connectivity index (χ0) is 15.9. The van der Waals surface area contributed by atoms with Crippen LogP contribution in [0.4, 0.5) is 4.79 Å². The zero-order valence-electron chi connectivity index (χ0n) is 13.3. The van der Waals surface area contributed by atoms with Crippen LogP contribution in [0.2, 0.25) is 0 Å². The molecule has 0 aromatic carbocycles. The van der Waals surface area contributed by atoms with Gasteiger partial charge in [0.25, 0.3) is 0 Å². The van der Waals surface area contributed by atoms with Crippen LogP contribution in [-0.2, 0) is 20.0 Å². The predicted octanol–water partition coefficient (Wildman–Crippen LogP) is 1.94. The highest BCUT2D eigenvalue weighted by Crippen LogP contribution is 2.05. The molecule has 118 valence electrons. The van der Waals surface area contributed by atoms with E-state index in [2.05, 4.69) is 31.2 Å². The zero-order valence-corrected chi connectivity index (χ0v) is 13.3. The maximum atomic E-state index is 11.9. The van der Waals surface area contributed by atoms with Gasteiger partial charge in [0.2, 0.25) is 0 Å². The molecule has 2 amide bonds. The van der Waals surface area contributed by atoms with E-state index in [9.17, 15) is 4.79 Å². The van der Waals surface area contributed by atoms with E-state index in [0.717, 1.165) is 18.5 Å². The van der Waals surface area contributed by atoms with E-state index in [1.54, 1.807) is 12.3 Å². The van der Waals surface area contributed by atoms with E-state index in [1.807, 2.05) is 33.2 Å². The Hall–Kier alpha value is -2.37. The minimum absolute atomic E-state index is 0.113. The molecular weight excluding hydrogens is 278 g/mol. The number of rotatable bonds is 6.